The molecular weight excluding hydrogens is 198 g/mol. The van der Waals surface area contributed by atoms with Crippen LogP contribution in [0.5, 0.6) is 0 Å². The van der Waals surface area contributed by atoms with E-state index in [0.29, 0.717) is 6.54 Å². The van der Waals surface area contributed by atoms with Crippen LogP contribution < -0.4 is 5.32 Å². The third-order valence-electron chi connectivity index (χ3n) is 1.84. The minimum atomic E-state index is 0.659. The SMILES string of the molecule is Cn1cnc(CNC2=NCCCS2)n1. The minimum absolute atomic E-state index is 0.659. The Morgan fingerprint density at radius 3 is 3.21 bits per heavy atom. The lowest BCUT2D eigenvalue weighted by molar-refractivity contribution is 0.729. The van der Waals surface area contributed by atoms with Crippen LogP contribution in [0.1, 0.15) is 12.2 Å². The number of aryl methyl sites for hydroxylation is 1. The molecule has 0 radical (unpaired) electrons. The van der Waals surface area contributed by atoms with Crippen molar-refractivity contribution in [3.05, 3.63) is 12.2 Å². The molecule has 0 saturated carbocycles. The van der Waals surface area contributed by atoms with Crippen molar-refractivity contribution < 1.29 is 0 Å². The van der Waals surface area contributed by atoms with E-state index in [-0.39, 0.29) is 0 Å². The van der Waals surface area contributed by atoms with Gasteiger partial charge in [0.2, 0.25) is 0 Å². The minimum Gasteiger partial charge on any atom is -0.358 e. The average Bonchev–Trinajstić information content (AvgIpc) is 2.63. The zero-order valence-electron chi connectivity index (χ0n) is 8.10. The van der Waals surface area contributed by atoms with Gasteiger partial charge in [-0.3, -0.25) is 9.67 Å². The van der Waals surface area contributed by atoms with Crippen molar-refractivity contribution in [1.29, 1.82) is 0 Å². The lowest BCUT2D eigenvalue weighted by atomic mass is 10.5. The molecule has 0 fully saturated rings. The molecule has 6 heteroatoms. The number of amidine groups is 1. The van der Waals surface area contributed by atoms with Crippen LogP contribution in [0, 0.1) is 0 Å². The van der Waals surface area contributed by atoms with Crippen LogP contribution in [0.2, 0.25) is 0 Å². The quantitative estimate of drug-likeness (QED) is 0.769. The molecule has 0 spiro atoms. The smallest absolute Gasteiger partial charge is 0.169 e. The van der Waals surface area contributed by atoms with Crippen LogP contribution in [0.25, 0.3) is 0 Å². The molecule has 0 unspecified atom stereocenters. The average molecular weight is 211 g/mol. The van der Waals surface area contributed by atoms with E-state index < -0.39 is 0 Å². The van der Waals surface area contributed by atoms with E-state index in [2.05, 4.69) is 20.4 Å². The third kappa shape index (κ3) is 2.47. The Bertz CT molecular complexity index is 332. The topological polar surface area (TPSA) is 55.1 Å². The Labute approximate surface area is 87.0 Å². The molecular formula is C8H13N5S. The summed E-state index contributed by atoms with van der Waals surface area (Å²) in [4.78, 5) is 8.48. The number of aromatic nitrogens is 3. The van der Waals surface area contributed by atoms with Crippen molar-refractivity contribution >= 4 is 16.9 Å². The number of rotatable bonds is 2. The molecule has 76 valence electrons. The van der Waals surface area contributed by atoms with Crippen molar-refractivity contribution in [2.75, 3.05) is 12.3 Å². The van der Waals surface area contributed by atoms with Gasteiger partial charge in [0.15, 0.2) is 11.0 Å². The molecule has 0 aliphatic carbocycles. The van der Waals surface area contributed by atoms with E-state index in [1.54, 1.807) is 22.8 Å². The zero-order chi connectivity index (χ0) is 9.80. The van der Waals surface area contributed by atoms with E-state index in [1.165, 1.54) is 6.42 Å². The van der Waals surface area contributed by atoms with E-state index in [9.17, 15) is 0 Å². The van der Waals surface area contributed by atoms with Gasteiger partial charge in [0.05, 0.1) is 6.54 Å². The Morgan fingerprint density at radius 2 is 2.57 bits per heavy atom. The standard InChI is InChI=1S/C8H13N5S/c1-13-6-11-7(12-13)5-10-8-9-3-2-4-14-8/h6H,2-5H2,1H3,(H,9,10). The molecule has 0 aromatic carbocycles. The molecule has 0 atom stereocenters. The molecule has 5 nitrogen and oxygen atoms in total. The van der Waals surface area contributed by atoms with Crippen LogP contribution in [0.3, 0.4) is 0 Å². The van der Waals surface area contributed by atoms with E-state index in [4.69, 9.17) is 0 Å². The van der Waals surface area contributed by atoms with Crippen molar-refractivity contribution in [3.63, 3.8) is 0 Å². The highest BCUT2D eigenvalue weighted by molar-refractivity contribution is 8.13. The number of thioether (sulfide) groups is 1. The fraction of sp³-hybridized carbons (Fsp3) is 0.625. The summed E-state index contributed by atoms with van der Waals surface area (Å²) < 4.78 is 1.70. The van der Waals surface area contributed by atoms with Crippen LogP contribution in [0.4, 0.5) is 0 Å². The Hall–Kier alpha value is -1.04. The predicted octanol–water partition coefficient (Wildman–Crippen LogP) is 0.398. The van der Waals surface area contributed by atoms with Crippen molar-refractivity contribution in [2.45, 2.75) is 13.0 Å². The van der Waals surface area contributed by atoms with Gasteiger partial charge in [-0.15, -0.1) is 0 Å². The number of aliphatic imine (C=N–C) groups is 1. The summed E-state index contributed by atoms with van der Waals surface area (Å²) in [6.07, 6.45) is 2.88. The fourth-order valence-electron chi connectivity index (χ4n) is 1.19. The molecule has 1 aliphatic heterocycles. The normalized spacial score (nSPS) is 16.5. The van der Waals surface area contributed by atoms with Crippen molar-refractivity contribution in [2.24, 2.45) is 12.0 Å². The van der Waals surface area contributed by atoms with E-state index in [0.717, 1.165) is 23.3 Å². The highest BCUT2D eigenvalue weighted by Gasteiger charge is 2.06. The maximum Gasteiger partial charge on any atom is 0.169 e. The van der Waals surface area contributed by atoms with Gasteiger partial charge in [-0.05, 0) is 6.42 Å². The largest absolute Gasteiger partial charge is 0.358 e. The highest BCUT2D eigenvalue weighted by atomic mass is 32.2. The summed E-state index contributed by atoms with van der Waals surface area (Å²) >= 11 is 1.77. The maximum atomic E-state index is 4.36. The van der Waals surface area contributed by atoms with Crippen LogP contribution in [0.15, 0.2) is 11.3 Å². The molecule has 1 aromatic heterocycles. The van der Waals surface area contributed by atoms with Gasteiger partial charge >= 0.3 is 0 Å². The van der Waals surface area contributed by atoms with Gasteiger partial charge in [0.1, 0.15) is 6.33 Å². The second-order valence-electron chi connectivity index (χ2n) is 3.08. The number of nitrogens with one attached hydrogen (secondary N) is 1. The van der Waals surface area contributed by atoms with Crippen molar-refractivity contribution in [1.82, 2.24) is 20.1 Å². The first-order valence-electron chi connectivity index (χ1n) is 4.60. The highest BCUT2D eigenvalue weighted by Crippen LogP contribution is 2.10. The maximum absolute atomic E-state index is 4.36. The van der Waals surface area contributed by atoms with Gasteiger partial charge in [-0.1, -0.05) is 11.8 Å². The second kappa shape index (κ2) is 4.45. The molecule has 2 heterocycles. The molecule has 1 N–H and O–H groups in total. The van der Waals surface area contributed by atoms with E-state index >= 15 is 0 Å². The summed E-state index contributed by atoms with van der Waals surface area (Å²) in [5.74, 6) is 1.96. The lowest BCUT2D eigenvalue weighted by Gasteiger charge is -2.11. The van der Waals surface area contributed by atoms with Gasteiger partial charge in [0, 0.05) is 19.3 Å². The lowest BCUT2D eigenvalue weighted by Crippen LogP contribution is -2.23. The molecule has 0 amide bonds. The first-order valence-corrected chi connectivity index (χ1v) is 5.59. The summed E-state index contributed by atoms with van der Waals surface area (Å²) in [7, 11) is 1.86. The molecule has 14 heavy (non-hydrogen) atoms. The number of hydrogen-bond donors (Lipinski definition) is 1. The van der Waals surface area contributed by atoms with E-state index in [1.807, 2.05) is 7.05 Å². The summed E-state index contributed by atoms with van der Waals surface area (Å²) in [5.41, 5.74) is 0. The molecule has 1 aliphatic rings. The molecule has 0 saturated heterocycles. The zero-order valence-corrected chi connectivity index (χ0v) is 8.92. The second-order valence-corrected chi connectivity index (χ2v) is 4.16. The number of nitrogens with zero attached hydrogens (tertiary/aromatic N) is 4. The van der Waals surface area contributed by atoms with Crippen LogP contribution in [-0.4, -0.2) is 32.2 Å². The summed E-state index contributed by atoms with van der Waals surface area (Å²) in [5, 5.41) is 8.42. The Balaban J connectivity index is 1.84. The Morgan fingerprint density at radius 1 is 1.64 bits per heavy atom. The Kier molecular flexibility index (Phi) is 3.03. The van der Waals surface area contributed by atoms with Crippen LogP contribution in [-0.2, 0) is 13.6 Å². The molecule has 2 rings (SSSR count). The van der Waals surface area contributed by atoms with Gasteiger partial charge in [0.25, 0.3) is 0 Å². The first kappa shape index (κ1) is 9.51. The van der Waals surface area contributed by atoms with Gasteiger partial charge in [-0.25, -0.2) is 4.98 Å². The van der Waals surface area contributed by atoms with Crippen LogP contribution >= 0.6 is 11.8 Å². The predicted molar refractivity (Wildman–Crippen MR) is 57.2 cm³/mol. The molecule has 1 aromatic rings. The monoisotopic (exact) mass is 211 g/mol. The fourth-order valence-corrected chi connectivity index (χ4v) is 2.01. The van der Waals surface area contributed by atoms with Crippen molar-refractivity contribution in [3.8, 4) is 0 Å². The third-order valence-corrected chi connectivity index (χ3v) is 2.88. The number of hydrogen-bond acceptors (Lipinski definition) is 5. The summed E-state index contributed by atoms with van der Waals surface area (Å²) in [6.45, 7) is 1.59. The molecule has 0 bridgehead atoms. The first-order chi connectivity index (χ1) is 6.84. The van der Waals surface area contributed by atoms with Gasteiger partial charge < -0.3 is 5.32 Å². The van der Waals surface area contributed by atoms with Gasteiger partial charge in [-0.2, -0.15) is 5.10 Å². The summed E-state index contributed by atoms with van der Waals surface area (Å²) in [6, 6.07) is 0.